The molecule has 2 rings (SSSR count). The van der Waals surface area contributed by atoms with Gasteiger partial charge in [-0.05, 0) is 18.9 Å². The van der Waals surface area contributed by atoms with Crippen LogP contribution in [0.25, 0.3) is 0 Å². The number of rotatable bonds is 3. The van der Waals surface area contributed by atoms with Crippen molar-refractivity contribution in [2.75, 3.05) is 39.5 Å². The second kappa shape index (κ2) is 3.56. The zero-order valence-corrected chi connectivity index (χ0v) is 8.33. The van der Waals surface area contributed by atoms with Crippen LogP contribution in [0.3, 0.4) is 0 Å². The fourth-order valence-electron chi connectivity index (χ4n) is 2.27. The van der Waals surface area contributed by atoms with Gasteiger partial charge in [-0.1, -0.05) is 6.92 Å². The molecule has 2 aliphatic heterocycles. The molecule has 2 saturated heterocycles. The second-order valence-electron chi connectivity index (χ2n) is 4.78. The Balaban J connectivity index is 1.83. The van der Waals surface area contributed by atoms with Crippen molar-refractivity contribution in [3.05, 3.63) is 0 Å². The summed E-state index contributed by atoms with van der Waals surface area (Å²) in [4.78, 5) is 2.46. The van der Waals surface area contributed by atoms with Gasteiger partial charge in [0.2, 0.25) is 0 Å². The molecule has 0 amide bonds. The average molecular weight is 185 g/mol. The Bertz CT molecular complexity index is 174. The maximum Gasteiger partial charge on any atom is 0.0579 e. The highest BCUT2D eigenvalue weighted by atomic mass is 16.5. The van der Waals surface area contributed by atoms with E-state index in [0.29, 0.717) is 0 Å². The van der Waals surface area contributed by atoms with Crippen LogP contribution >= 0.6 is 0 Å². The van der Waals surface area contributed by atoms with Crippen LogP contribution in [0.1, 0.15) is 13.3 Å². The van der Waals surface area contributed by atoms with Crippen molar-refractivity contribution in [3.8, 4) is 0 Å². The summed E-state index contributed by atoms with van der Waals surface area (Å²) in [5.41, 5.74) is 0.0735. The zero-order chi connectivity index (χ0) is 9.31. The predicted octanol–water partition coefficient (Wildman–Crippen LogP) is 0.337. The van der Waals surface area contributed by atoms with E-state index in [4.69, 9.17) is 4.74 Å². The molecular weight excluding hydrogens is 166 g/mol. The molecule has 0 bridgehead atoms. The highest BCUT2D eigenvalue weighted by Crippen LogP contribution is 2.29. The normalized spacial score (nSPS) is 33.2. The molecule has 0 spiro atoms. The molecule has 2 heterocycles. The Morgan fingerprint density at radius 2 is 2.31 bits per heavy atom. The van der Waals surface area contributed by atoms with E-state index in [9.17, 15) is 5.11 Å². The van der Waals surface area contributed by atoms with Crippen molar-refractivity contribution in [1.29, 1.82) is 0 Å². The zero-order valence-electron chi connectivity index (χ0n) is 8.33. The third-order valence-electron chi connectivity index (χ3n) is 3.22. The van der Waals surface area contributed by atoms with E-state index in [1.807, 2.05) is 0 Å². The lowest BCUT2D eigenvalue weighted by molar-refractivity contribution is -0.146. The fraction of sp³-hybridized carbons (Fsp3) is 1.00. The highest BCUT2D eigenvalue weighted by Gasteiger charge is 2.40. The first kappa shape index (κ1) is 9.44. The maximum atomic E-state index is 9.26. The summed E-state index contributed by atoms with van der Waals surface area (Å²) in [6, 6.07) is 0. The van der Waals surface area contributed by atoms with Crippen LogP contribution in [0.5, 0.6) is 0 Å². The third-order valence-corrected chi connectivity index (χ3v) is 3.22. The SMILES string of the molecule is CC1CCN(CC2(CO)COC2)C1. The van der Waals surface area contributed by atoms with Crippen molar-refractivity contribution >= 4 is 0 Å². The number of hydrogen-bond donors (Lipinski definition) is 1. The summed E-state index contributed by atoms with van der Waals surface area (Å²) in [5.74, 6) is 0.830. The molecule has 1 atom stereocenters. The quantitative estimate of drug-likeness (QED) is 0.688. The predicted molar refractivity (Wildman–Crippen MR) is 50.6 cm³/mol. The third kappa shape index (κ3) is 1.87. The molecule has 0 aromatic carbocycles. The summed E-state index contributed by atoms with van der Waals surface area (Å²) < 4.78 is 5.18. The summed E-state index contributed by atoms with van der Waals surface area (Å²) in [5, 5.41) is 9.26. The van der Waals surface area contributed by atoms with E-state index in [1.165, 1.54) is 19.5 Å². The van der Waals surface area contributed by atoms with Crippen LogP contribution in [-0.4, -0.2) is 49.5 Å². The molecule has 0 saturated carbocycles. The number of nitrogens with zero attached hydrogens (tertiary/aromatic N) is 1. The van der Waals surface area contributed by atoms with E-state index in [1.54, 1.807) is 0 Å². The van der Waals surface area contributed by atoms with Crippen molar-refractivity contribution in [3.63, 3.8) is 0 Å². The van der Waals surface area contributed by atoms with Crippen LogP contribution in [0.15, 0.2) is 0 Å². The first-order valence-electron chi connectivity index (χ1n) is 5.15. The minimum atomic E-state index is 0.0735. The number of aliphatic hydroxyl groups is 1. The van der Waals surface area contributed by atoms with Crippen molar-refractivity contribution in [1.82, 2.24) is 4.90 Å². The molecular formula is C10H19NO2. The Morgan fingerprint density at radius 3 is 2.69 bits per heavy atom. The lowest BCUT2D eigenvalue weighted by Crippen LogP contribution is -2.52. The van der Waals surface area contributed by atoms with E-state index >= 15 is 0 Å². The van der Waals surface area contributed by atoms with E-state index in [0.717, 1.165) is 25.7 Å². The highest BCUT2D eigenvalue weighted by molar-refractivity contribution is 4.89. The Morgan fingerprint density at radius 1 is 1.54 bits per heavy atom. The Labute approximate surface area is 79.7 Å². The molecule has 1 N–H and O–H groups in total. The molecule has 76 valence electrons. The van der Waals surface area contributed by atoms with Gasteiger partial charge in [0.25, 0.3) is 0 Å². The first-order valence-corrected chi connectivity index (χ1v) is 5.15. The van der Waals surface area contributed by atoms with Gasteiger partial charge >= 0.3 is 0 Å². The Kier molecular flexibility index (Phi) is 2.58. The van der Waals surface area contributed by atoms with Crippen LogP contribution < -0.4 is 0 Å². The van der Waals surface area contributed by atoms with Crippen molar-refractivity contribution < 1.29 is 9.84 Å². The molecule has 0 radical (unpaired) electrons. The molecule has 2 aliphatic rings. The fourth-order valence-corrected chi connectivity index (χ4v) is 2.27. The molecule has 3 heteroatoms. The van der Waals surface area contributed by atoms with Gasteiger partial charge in [-0.3, -0.25) is 0 Å². The molecule has 2 fully saturated rings. The van der Waals surface area contributed by atoms with Crippen LogP contribution in [0.2, 0.25) is 0 Å². The summed E-state index contributed by atoms with van der Waals surface area (Å²) in [6.07, 6.45) is 1.31. The monoisotopic (exact) mass is 185 g/mol. The maximum absolute atomic E-state index is 9.26. The topological polar surface area (TPSA) is 32.7 Å². The van der Waals surface area contributed by atoms with Gasteiger partial charge in [-0.25, -0.2) is 0 Å². The molecule has 13 heavy (non-hydrogen) atoms. The minimum absolute atomic E-state index is 0.0735. The van der Waals surface area contributed by atoms with Gasteiger partial charge < -0.3 is 14.7 Å². The smallest absolute Gasteiger partial charge is 0.0579 e. The lowest BCUT2D eigenvalue weighted by Gasteiger charge is -2.42. The van der Waals surface area contributed by atoms with E-state index in [-0.39, 0.29) is 12.0 Å². The summed E-state index contributed by atoms with van der Waals surface area (Å²) >= 11 is 0. The minimum Gasteiger partial charge on any atom is -0.396 e. The van der Waals surface area contributed by atoms with E-state index < -0.39 is 0 Å². The standard InChI is InChI=1S/C10H19NO2/c1-9-2-3-11(4-9)5-10(6-12)7-13-8-10/h9,12H,2-8H2,1H3. The van der Waals surface area contributed by atoms with Gasteiger partial charge in [0, 0.05) is 13.1 Å². The van der Waals surface area contributed by atoms with Gasteiger partial charge in [0.05, 0.1) is 25.2 Å². The summed E-state index contributed by atoms with van der Waals surface area (Å²) in [6.45, 7) is 7.47. The number of aliphatic hydroxyl groups excluding tert-OH is 1. The van der Waals surface area contributed by atoms with Crippen LogP contribution in [-0.2, 0) is 4.74 Å². The molecule has 0 aromatic rings. The second-order valence-corrected chi connectivity index (χ2v) is 4.78. The molecule has 0 aromatic heterocycles. The van der Waals surface area contributed by atoms with E-state index in [2.05, 4.69) is 11.8 Å². The van der Waals surface area contributed by atoms with Gasteiger partial charge in [0.1, 0.15) is 0 Å². The van der Waals surface area contributed by atoms with Gasteiger partial charge in [-0.15, -0.1) is 0 Å². The van der Waals surface area contributed by atoms with Crippen molar-refractivity contribution in [2.24, 2.45) is 11.3 Å². The number of ether oxygens (including phenoxy) is 1. The van der Waals surface area contributed by atoms with Crippen LogP contribution in [0, 0.1) is 11.3 Å². The number of hydrogen-bond acceptors (Lipinski definition) is 3. The van der Waals surface area contributed by atoms with Gasteiger partial charge in [0.15, 0.2) is 0 Å². The first-order chi connectivity index (χ1) is 6.24. The van der Waals surface area contributed by atoms with Gasteiger partial charge in [-0.2, -0.15) is 0 Å². The average Bonchev–Trinajstić information content (AvgIpc) is 2.44. The molecule has 3 nitrogen and oxygen atoms in total. The Hall–Kier alpha value is -0.120. The van der Waals surface area contributed by atoms with Crippen LogP contribution in [0.4, 0.5) is 0 Å². The summed E-state index contributed by atoms with van der Waals surface area (Å²) in [7, 11) is 0. The lowest BCUT2D eigenvalue weighted by atomic mass is 9.86. The molecule has 1 unspecified atom stereocenters. The largest absolute Gasteiger partial charge is 0.396 e. The van der Waals surface area contributed by atoms with Crippen molar-refractivity contribution in [2.45, 2.75) is 13.3 Å². The number of likely N-dealkylation sites (tertiary alicyclic amines) is 1. The molecule has 0 aliphatic carbocycles.